The average Bonchev–Trinajstić information content (AvgIpc) is 3.07. The molecule has 3 aromatic rings. The van der Waals surface area contributed by atoms with Gasteiger partial charge in [-0.15, -0.1) is 0 Å². The van der Waals surface area contributed by atoms with Crippen molar-refractivity contribution in [1.29, 1.82) is 0 Å². The number of halogens is 1. The molecule has 0 aliphatic carbocycles. The lowest BCUT2D eigenvalue weighted by atomic mass is 10.3. The first kappa shape index (κ1) is 15.9. The molecule has 1 amide bonds. The Morgan fingerprint density at radius 1 is 1.22 bits per heavy atom. The predicted molar refractivity (Wildman–Crippen MR) is 94.8 cm³/mol. The van der Waals surface area contributed by atoms with Crippen LogP contribution in [-0.2, 0) is 14.1 Å². The summed E-state index contributed by atoms with van der Waals surface area (Å²) in [6.07, 6.45) is 5.53. The summed E-state index contributed by atoms with van der Waals surface area (Å²) in [5.74, 6) is -0.136. The van der Waals surface area contributed by atoms with Crippen LogP contribution in [0.15, 0.2) is 63.4 Å². The molecule has 1 aromatic carbocycles. The third kappa shape index (κ3) is 3.68. The first-order chi connectivity index (χ1) is 11.0. The Labute approximate surface area is 146 Å². The largest absolute Gasteiger partial charge is 0.345 e. The van der Waals surface area contributed by atoms with Gasteiger partial charge in [0.25, 0.3) is 5.91 Å². The number of nitrogens with zero attached hydrogens (tertiary/aromatic N) is 3. The number of nitrogens with one attached hydrogen (secondary N) is 1. The minimum Gasteiger partial charge on any atom is -0.345 e. The first-order valence-corrected chi connectivity index (χ1v) is 8.52. The Morgan fingerprint density at radius 3 is 2.52 bits per heavy atom. The molecular formula is C16H15BrN4OS. The molecule has 0 aliphatic rings. The molecule has 0 saturated carbocycles. The van der Waals surface area contributed by atoms with Crippen molar-refractivity contribution >= 4 is 39.3 Å². The van der Waals surface area contributed by atoms with Gasteiger partial charge in [0.05, 0.1) is 0 Å². The van der Waals surface area contributed by atoms with Gasteiger partial charge >= 0.3 is 0 Å². The van der Waals surface area contributed by atoms with Crippen molar-refractivity contribution in [2.45, 2.75) is 10.1 Å². The summed E-state index contributed by atoms with van der Waals surface area (Å²) in [6, 6.07) is 9.51. The highest BCUT2D eigenvalue weighted by Crippen LogP contribution is 2.27. The molecule has 0 bridgehead atoms. The van der Waals surface area contributed by atoms with E-state index in [0.717, 1.165) is 20.2 Å². The minimum absolute atomic E-state index is 0.136. The lowest BCUT2D eigenvalue weighted by molar-refractivity contribution is 0.101. The molecule has 0 fully saturated rings. The van der Waals surface area contributed by atoms with Gasteiger partial charge < -0.3 is 14.5 Å². The van der Waals surface area contributed by atoms with Crippen LogP contribution in [0.3, 0.4) is 0 Å². The van der Waals surface area contributed by atoms with Gasteiger partial charge in [0.1, 0.15) is 5.69 Å². The molecule has 5 nitrogen and oxygen atoms in total. The molecule has 0 radical (unpaired) electrons. The molecule has 118 valence electrons. The van der Waals surface area contributed by atoms with Gasteiger partial charge in [0, 0.05) is 47.7 Å². The summed E-state index contributed by atoms with van der Waals surface area (Å²) in [5.41, 5.74) is 1.36. The molecule has 7 heteroatoms. The van der Waals surface area contributed by atoms with Gasteiger partial charge in [-0.1, -0.05) is 11.8 Å². The Balaban J connectivity index is 1.69. The van der Waals surface area contributed by atoms with E-state index in [2.05, 4.69) is 26.2 Å². The zero-order valence-corrected chi connectivity index (χ0v) is 15.1. The number of carbonyl (C=O) groups excluding carboxylic acids is 1. The quantitative estimate of drug-likeness (QED) is 0.734. The summed E-state index contributed by atoms with van der Waals surface area (Å²) in [7, 11) is 3.80. The van der Waals surface area contributed by atoms with Gasteiger partial charge in [0.2, 0.25) is 0 Å². The number of benzene rings is 1. The van der Waals surface area contributed by atoms with Crippen molar-refractivity contribution < 1.29 is 4.79 Å². The van der Waals surface area contributed by atoms with Crippen LogP contribution in [0.1, 0.15) is 10.5 Å². The van der Waals surface area contributed by atoms with E-state index < -0.39 is 0 Å². The normalized spacial score (nSPS) is 10.7. The van der Waals surface area contributed by atoms with Crippen molar-refractivity contribution in [2.24, 2.45) is 14.1 Å². The molecule has 2 heterocycles. The van der Waals surface area contributed by atoms with Gasteiger partial charge in [-0.3, -0.25) is 4.79 Å². The number of rotatable bonds is 4. The second-order valence-electron chi connectivity index (χ2n) is 5.06. The van der Waals surface area contributed by atoms with Crippen LogP contribution in [0.5, 0.6) is 0 Å². The molecule has 0 saturated heterocycles. The zero-order chi connectivity index (χ0) is 16.4. The molecule has 0 aliphatic heterocycles. The highest BCUT2D eigenvalue weighted by molar-refractivity contribution is 9.10. The number of anilines is 1. The van der Waals surface area contributed by atoms with Crippen molar-refractivity contribution in [3.8, 4) is 0 Å². The zero-order valence-electron chi connectivity index (χ0n) is 12.7. The van der Waals surface area contributed by atoms with Crippen LogP contribution in [0.4, 0.5) is 5.69 Å². The molecule has 0 atom stereocenters. The van der Waals surface area contributed by atoms with E-state index in [9.17, 15) is 4.79 Å². The van der Waals surface area contributed by atoms with E-state index >= 15 is 0 Å². The van der Waals surface area contributed by atoms with Gasteiger partial charge in [-0.2, -0.15) is 0 Å². The summed E-state index contributed by atoms with van der Waals surface area (Å²) < 4.78 is 4.63. The number of amides is 1. The van der Waals surface area contributed by atoms with Crippen LogP contribution >= 0.6 is 27.7 Å². The van der Waals surface area contributed by atoms with E-state index in [1.807, 2.05) is 55.3 Å². The van der Waals surface area contributed by atoms with E-state index in [4.69, 9.17) is 0 Å². The summed E-state index contributed by atoms with van der Waals surface area (Å²) in [6.45, 7) is 0. The standard InChI is InChI=1S/C16H15BrN4OS/c1-20-8-7-18-16(20)23-13-5-3-12(4-6-13)19-15(22)14-9-11(17)10-21(14)2/h3-10H,1-2H3,(H,19,22). The molecular weight excluding hydrogens is 376 g/mol. The van der Waals surface area contributed by atoms with E-state index in [1.54, 1.807) is 28.6 Å². The number of hydrogen-bond acceptors (Lipinski definition) is 3. The Hall–Kier alpha value is -1.99. The van der Waals surface area contributed by atoms with Crippen LogP contribution < -0.4 is 5.32 Å². The molecule has 23 heavy (non-hydrogen) atoms. The van der Waals surface area contributed by atoms with Crippen LogP contribution in [0.25, 0.3) is 0 Å². The van der Waals surface area contributed by atoms with Crippen molar-refractivity contribution in [2.75, 3.05) is 5.32 Å². The van der Waals surface area contributed by atoms with E-state index in [0.29, 0.717) is 5.69 Å². The highest BCUT2D eigenvalue weighted by Gasteiger charge is 2.11. The Kier molecular flexibility index (Phi) is 4.58. The maximum absolute atomic E-state index is 12.3. The maximum atomic E-state index is 12.3. The number of aromatic nitrogens is 3. The molecule has 2 aromatic heterocycles. The molecule has 0 spiro atoms. The Bertz CT molecular complexity index is 838. The van der Waals surface area contributed by atoms with Gasteiger partial charge in [-0.25, -0.2) is 4.98 Å². The summed E-state index contributed by atoms with van der Waals surface area (Å²) >= 11 is 4.95. The smallest absolute Gasteiger partial charge is 0.272 e. The predicted octanol–water partition coefficient (Wildman–Crippen LogP) is 3.92. The minimum atomic E-state index is -0.136. The van der Waals surface area contributed by atoms with Crippen LogP contribution in [0, 0.1) is 0 Å². The van der Waals surface area contributed by atoms with Gasteiger partial charge in [-0.05, 0) is 46.3 Å². The molecule has 0 unspecified atom stereocenters. The molecule has 3 rings (SSSR count). The fourth-order valence-corrected chi connectivity index (χ4v) is 3.43. The molecule has 1 N–H and O–H groups in total. The summed E-state index contributed by atoms with van der Waals surface area (Å²) in [5, 5.41) is 3.83. The third-order valence-corrected chi connectivity index (χ3v) is 4.82. The third-order valence-electron chi connectivity index (χ3n) is 3.30. The number of imidazole rings is 1. The fraction of sp³-hybridized carbons (Fsp3) is 0.125. The van der Waals surface area contributed by atoms with E-state index in [-0.39, 0.29) is 5.91 Å². The fourth-order valence-electron chi connectivity index (χ4n) is 2.11. The van der Waals surface area contributed by atoms with Crippen molar-refractivity contribution in [3.63, 3.8) is 0 Å². The SMILES string of the molecule is Cn1cc(Br)cc1C(=O)Nc1ccc(Sc2nccn2C)cc1. The number of aryl methyl sites for hydroxylation is 2. The second kappa shape index (κ2) is 6.64. The topological polar surface area (TPSA) is 51.9 Å². The van der Waals surface area contributed by atoms with Crippen LogP contribution in [-0.4, -0.2) is 20.0 Å². The number of hydrogen-bond donors (Lipinski definition) is 1. The lowest BCUT2D eigenvalue weighted by Crippen LogP contribution is -2.15. The van der Waals surface area contributed by atoms with Gasteiger partial charge in [0.15, 0.2) is 5.16 Å². The van der Waals surface area contributed by atoms with E-state index in [1.165, 1.54) is 0 Å². The monoisotopic (exact) mass is 390 g/mol. The lowest BCUT2D eigenvalue weighted by Gasteiger charge is -2.07. The maximum Gasteiger partial charge on any atom is 0.272 e. The Morgan fingerprint density at radius 2 is 1.96 bits per heavy atom. The first-order valence-electron chi connectivity index (χ1n) is 6.91. The van der Waals surface area contributed by atoms with Crippen molar-refractivity contribution in [1.82, 2.24) is 14.1 Å². The van der Waals surface area contributed by atoms with Crippen molar-refractivity contribution in [3.05, 3.63) is 59.1 Å². The average molecular weight is 391 g/mol. The highest BCUT2D eigenvalue weighted by atomic mass is 79.9. The second-order valence-corrected chi connectivity index (χ2v) is 7.01. The number of carbonyl (C=O) groups is 1. The summed E-state index contributed by atoms with van der Waals surface area (Å²) in [4.78, 5) is 17.6. The van der Waals surface area contributed by atoms with Crippen LogP contribution in [0.2, 0.25) is 0 Å².